The largest absolute Gasteiger partial charge is 0.449 e. The van der Waals surface area contributed by atoms with Crippen LogP contribution in [-0.4, -0.2) is 9.97 Å². The van der Waals surface area contributed by atoms with E-state index in [-0.39, 0.29) is 0 Å². The molecular formula is C24H12N2O2. The van der Waals surface area contributed by atoms with Gasteiger partial charge in [0, 0.05) is 33.9 Å². The standard InChI is InChI=1S/C24H12N2O2/c1-2-6-14-10-20-19(9-13(14)5-1)27-23-17-12-25-11-16(17)21-15-7-3-4-8-18(15)26-22(21)24(23)28-20/h1-12H. The molecule has 0 fully saturated rings. The molecule has 7 rings (SSSR count). The van der Waals surface area contributed by atoms with Crippen LogP contribution in [0.1, 0.15) is 0 Å². The van der Waals surface area contributed by atoms with Gasteiger partial charge in [-0.3, -0.25) is 4.98 Å². The zero-order valence-corrected chi connectivity index (χ0v) is 14.6. The summed E-state index contributed by atoms with van der Waals surface area (Å²) in [4.78, 5) is 9.25. The quantitative estimate of drug-likeness (QED) is 0.287. The van der Waals surface area contributed by atoms with E-state index in [2.05, 4.69) is 23.2 Å². The van der Waals surface area contributed by atoms with Gasteiger partial charge in [0.05, 0.1) is 5.52 Å². The molecule has 0 aliphatic heterocycles. The Bertz CT molecular complexity index is 1720. The highest BCUT2D eigenvalue weighted by Gasteiger charge is 2.19. The highest BCUT2D eigenvalue weighted by Crippen LogP contribution is 2.40. The van der Waals surface area contributed by atoms with Crippen LogP contribution in [0.15, 0.2) is 81.9 Å². The molecule has 0 atom stereocenters. The van der Waals surface area contributed by atoms with Crippen molar-refractivity contribution in [2.45, 2.75) is 0 Å². The SMILES string of the molecule is c1ccc2cc3oc4c5nc6ccccc6c5c5cncc5c4oc3cc2c1. The van der Waals surface area contributed by atoms with Crippen LogP contribution in [0.2, 0.25) is 0 Å². The minimum atomic E-state index is 0.662. The topological polar surface area (TPSA) is 52.1 Å². The van der Waals surface area contributed by atoms with E-state index in [0.29, 0.717) is 22.3 Å². The molecule has 0 saturated heterocycles. The Morgan fingerprint density at radius 3 is 2.14 bits per heavy atom. The van der Waals surface area contributed by atoms with Crippen LogP contribution in [0.3, 0.4) is 0 Å². The van der Waals surface area contributed by atoms with E-state index in [1.54, 1.807) is 0 Å². The number of aromatic nitrogens is 2. The number of hydrogen-bond donors (Lipinski definition) is 0. The second-order valence-electron chi connectivity index (χ2n) is 7.10. The van der Waals surface area contributed by atoms with Crippen molar-refractivity contribution < 1.29 is 8.83 Å². The third-order valence-corrected chi connectivity index (χ3v) is 5.51. The fraction of sp³-hybridized carbons (Fsp3) is 0. The van der Waals surface area contributed by atoms with Crippen LogP contribution >= 0.6 is 0 Å². The zero-order chi connectivity index (χ0) is 18.2. The maximum Gasteiger partial charge on any atom is 0.197 e. The van der Waals surface area contributed by atoms with Crippen molar-refractivity contribution in [1.29, 1.82) is 0 Å². The summed E-state index contributed by atoms with van der Waals surface area (Å²) in [6, 6.07) is 20.4. The summed E-state index contributed by atoms with van der Waals surface area (Å²) < 4.78 is 12.7. The molecule has 4 heteroatoms. The van der Waals surface area contributed by atoms with E-state index in [9.17, 15) is 0 Å². The van der Waals surface area contributed by atoms with Gasteiger partial charge in [-0.2, -0.15) is 0 Å². The Labute approximate surface area is 158 Å². The lowest BCUT2D eigenvalue weighted by Crippen LogP contribution is -1.82. The van der Waals surface area contributed by atoms with Crippen LogP contribution in [0, 0.1) is 0 Å². The van der Waals surface area contributed by atoms with Crippen molar-refractivity contribution in [3.63, 3.8) is 0 Å². The molecule has 3 aromatic heterocycles. The summed E-state index contributed by atoms with van der Waals surface area (Å²) in [5.74, 6) is 0. The van der Waals surface area contributed by atoms with Gasteiger partial charge in [-0.1, -0.05) is 42.5 Å². The van der Waals surface area contributed by atoms with Crippen molar-refractivity contribution in [3.8, 4) is 0 Å². The lowest BCUT2D eigenvalue weighted by atomic mass is 10.1. The van der Waals surface area contributed by atoms with Crippen molar-refractivity contribution in [1.82, 2.24) is 9.97 Å². The van der Waals surface area contributed by atoms with Crippen LogP contribution in [0.4, 0.5) is 0 Å². The molecule has 0 aliphatic rings. The number of rotatable bonds is 0. The van der Waals surface area contributed by atoms with E-state index in [1.807, 2.05) is 54.9 Å². The van der Waals surface area contributed by atoms with Crippen molar-refractivity contribution in [2.75, 3.05) is 0 Å². The first kappa shape index (κ1) is 14.2. The molecule has 7 aromatic rings. The smallest absolute Gasteiger partial charge is 0.197 e. The summed E-state index contributed by atoms with van der Waals surface area (Å²) in [6.45, 7) is 0. The number of nitrogens with zero attached hydrogens (tertiary/aromatic N) is 2. The number of para-hydroxylation sites is 1. The monoisotopic (exact) mass is 360 g/mol. The van der Waals surface area contributed by atoms with E-state index >= 15 is 0 Å². The van der Waals surface area contributed by atoms with Gasteiger partial charge in [-0.15, -0.1) is 0 Å². The fourth-order valence-corrected chi connectivity index (χ4v) is 4.23. The minimum Gasteiger partial charge on any atom is -0.449 e. The number of fused-ring (bicyclic) bond motifs is 10. The van der Waals surface area contributed by atoms with Gasteiger partial charge in [-0.05, 0) is 29.0 Å². The van der Waals surface area contributed by atoms with Gasteiger partial charge >= 0.3 is 0 Å². The molecule has 0 amide bonds. The van der Waals surface area contributed by atoms with Crippen molar-refractivity contribution >= 4 is 65.7 Å². The van der Waals surface area contributed by atoms with E-state index in [1.165, 1.54) is 0 Å². The second kappa shape index (κ2) is 4.87. The molecule has 3 heterocycles. The number of benzene rings is 4. The molecule has 0 unspecified atom stereocenters. The Morgan fingerprint density at radius 2 is 1.32 bits per heavy atom. The molecule has 0 aliphatic carbocycles. The molecule has 28 heavy (non-hydrogen) atoms. The van der Waals surface area contributed by atoms with E-state index < -0.39 is 0 Å². The lowest BCUT2D eigenvalue weighted by molar-refractivity contribution is 0.587. The van der Waals surface area contributed by atoms with E-state index in [4.69, 9.17) is 13.8 Å². The zero-order valence-electron chi connectivity index (χ0n) is 14.6. The summed E-state index contributed by atoms with van der Waals surface area (Å²) in [5, 5.41) is 6.38. The van der Waals surface area contributed by atoms with Gasteiger partial charge in [0.1, 0.15) is 5.52 Å². The molecule has 0 spiro atoms. The first-order chi connectivity index (χ1) is 13.9. The molecular weight excluding hydrogens is 348 g/mol. The average molecular weight is 360 g/mol. The molecule has 130 valence electrons. The normalized spacial score (nSPS) is 12.3. The highest BCUT2D eigenvalue weighted by atomic mass is 16.4. The van der Waals surface area contributed by atoms with Gasteiger partial charge in [-0.25, -0.2) is 4.98 Å². The summed E-state index contributed by atoms with van der Waals surface area (Å²) >= 11 is 0. The molecule has 0 saturated carbocycles. The van der Waals surface area contributed by atoms with Gasteiger partial charge in [0.25, 0.3) is 0 Å². The van der Waals surface area contributed by atoms with Crippen LogP contribution in [0.5, 0.6) is 0 Å². The molecule has 0 N–H and O–H groups in total. The van der Waals surface area contributed by atoms with Crippen molar-refractivity contribution in [3.05, 3.63) is 73.1 Å². The third-order valence-electron chi connectivity index (χ3n) is 5.51. The molecule has 4 nitrogen and oxygen atoms in total. The molecule has 0 bridgehead atoms. The molecule has 4 aromatic carbocycles. The van der Waals surface area contributed by atoms with Crippen LogP contribution in [0.25, 0.3) is 65.7 Å². The second-order valence-corrected chi connectivity index (χ2v) is 7.10. The minimum absolute atomic E-state index is 0.662. The first-order valence-electron chi connectivity index (χ1n) is 9.17. The summed E-state index contributed by atoms with van der Waals surface area (Å²) in [7, 11) is 0. The van der Waals surface area contributed by atoms with Gasteiger partial charge < -0.3 is 8.83 Å². The summed E-state index contributed by atoms with van der Waals surface area (Å²) in [5.41, 5.74) is 4.53. The van der Waals surface area contributed by atoms with E-state index in [0.717, 1.165) is 43.4 Å². The molecule has 0 radical (unpaired) electrons. The summed E-state index contributed by atoms with van der Waals surface area (Å²) in [6.07, 6.45) is 3.72. The Morgan fingerprint density at radius 1 is 0.643 bits per heavy atom. The predicted octanol–water partition coefficient (Wildman–Crippen LogP) is 6.58. The van der Waals surface area contributed by atoms with Gasteiger partial charge in [0.15, 0.2) is 22.3 Å². The fourth-order valence-electron chi connectivity index (χ4n) is 4.23. The average Bonchev–Trinajstić information content (AvgIpc) is 3.35. The van der Waals surface area contributed by atoms with Crippen LogP contribution < -0.4 is 0 Å². The maximum absolute atomic E-state index is 6.39. The van der Waals surface area contributed by atoms with Crippen molar-refractivity contribution in [2.24, 2.45) is 0 Å². The van der Waals surface area contributed by atoms with Gasteiger partial charge in [0.2, 0.25) is 0 Å². The predicted molar refractivity (Wildman–Crippen MR) is 112 cm³/mol. The highest BCUT2D eigenvalue weighted by molar-refractivity contribution is 6.29. The maximum atomic E-state index is 6.39. The number of hydrogen-bond acceptors (Lipinski definition) is 4. The lowest BCUT2D eigenvalue weighted by Gasteiger charge is -2.06. The Hall–Kier alpha value is -3.92. The third kappa shape index (κ3) is 1.70. The van der Waals surface area contributed by atoms with Crippen LogP contribution in [-0.2, 0) is 0 Å². The first-order valence-corrected chi connectivity index (χ1v) is 9.17. The Kier molecular flexibility index (Phi) is 2.46. The Balaban J connectivity index is 1.78.